The van der Waals surface area contributed by atoms with Crippen molar-refractivity contribution in [3.8, 4) is 0 Å². The SMILES string of the molecule is C[C@]12CCC3C(CC[C@H]4CC(=O)C=C[C@@H]3C4)C1CCC2=O. The van der Waals surface area contributed by atoms with Crippen molar-refractivity contribution in [1.29, 1.82) is 0 Å². The van der Waals surface area contributed by atoms with Gasteiger partial charge in [0.1, 0.15) is 5.78 Å². The molecule has 114 valence electrons. The molecule has 3 saturated carbocycles. The summed E-state index contributed by atoms with van der Waals surface area (Å²) in [4.78, 5) is 24.2. The van der Waals surface area contributed by atoms with E-state index in [2.05, 4.69) is 13.0 Å². The van der Waals surface area contributed by atoms with Crippen LogP contribution in [0.25, 0.3) is 0 Å². The van der Waals surface area contributed by atoms with Crippen molar-refractivity contribution in [2.45, 2.75) is 58.3 Å². The van der Waals surface area contributed by atoms with Crippen LogP contribution in [0.4, 0.5) is 0 Å². The highest BCUT2D eigenvalue weighted by atomic mass is 16.1. The van der Waals surface area contributed by atoms with E-state index in [1.807, 2.05) is 6.08 Å². The molecule has 0 heterocycles. The Hall–Kier alpha value is -0.920. The average Bonchev–Trinajstić information content (AvgIpc) is 2.63. The van der Waals surface area contributed by atoms with Crippen molar-refractivity contribution >= 4 is 11.6 Å². The van der Waals surface area contributed by atoms with E-state index in [4.69, 9.17) is 0 Å². The molecule has 4 aliphatic rings. The molecule has 0 aromatic rings. The van der Waals surface area contributed by atoms with Crippen molar-refractivity contribution < 1.29 is 9.59 Å². The largest absolute Gasteiger partial charge is 0.299 e. The number of hydrogen-bond donors (Lipinski definition) is 0. The fourth-order valence-electron chi connectivity index (χ4n) is 6.13. The molecule has 0 aromatic carbocycles. The summed E-state index contributed by atoms with van der Waals surface area (Å²) in [5.41, 5.74) is -0.0186. The van der Waals surface area contributed by atoms with Crippen LogP contribution < -0.4 is 0 Å². The van der Waals surface area contributed by atoms with E-state index in [-0.39, 0.29) is 5.41 Å². The molecule has 6 atom stereocenters. The monoisotopic (exact) mass is 286 g/mol. The Morgan fingerprint density at radius 2 is 1.95 bits per heavy atom. The first-order chi connectivity index (χ1) is 10.1. The zero-order valence-electron chi connectivity index (χ0n) is 13.0. The minimum absolute atomic E-state index is 0.0186. The van der Waals surface area contributed by atoms with Gasteiger partial charge in [-0.05, 0) is 74.2 Å². The lowest BCUT2D eigenvalue weighted by Crippen LogP contribution is -2.43. The van der Waals surface area contributed by atoms with Gasteiger partial charge in [0.25, 0.3) is 0 Å². The van der Waals surface area contributed by atoms with E-state index in [1.165, 1.54) is 25.7 Å². The van der Waals surface area contributed by atoms with Crippen molar-refractivity contribution in [2.24, 2.45) is 35.0 Å². The third-order valence-corrected chi connectivity index (χ3v) is 7.28. The summed E-state index contributed by atoms with van der Waals surface area (Å²) >= 11 is 0. The zero-order chi connectivity index (χ0) is 14.6. The second-order valence-corrected chi connectivity index (χ2v) is 8.22. The molecule has 0 radical (unpaired) electrons. The number of fused-ring (bicyclic) bond motifs is 6. The molecule has 4 aliphatic carbocycles. The molecule has 0 amide bonds. The van der Waals surface area contributed by atoms with Gasteiger partial charge in [-0.25, -0.2) is 0 Å². The molecule has 4 rings (SSSR count). The molecule has 2 bridgehead atoms. The summed E-state index contributed by atoms with van der Waals surface area (Å²) in [6.07, 6.45) is 12.7. The highest BCUT2D eigenvalue weighted by molar-refractivity contribution is 5.90. The number of ketones is 2. The van der Waals surface area contributed by atoms with Gasteiger partial charge in [-0.3, -0.25) is 9.59 Å². The standard InChI is InChI=1S/C19H26O2/c1-19-9-8-15-13-3-4-14(20)11-12(10-13)2-5-16(15)17(19)6-7-18(19)21/h3-4,12-13,15-17H,2,5-11H2,1H3/t12-,13-,15?,16?,17?,19+/m1/s1. The number of Topliss-reactive ketones (excluding diaryl/α,β-unsaturated/α-hetero) is 1. The van der Waals surface area contributed by atoms with Gasteiger partial charge in [-0.1, -0.05) is 13.0 Å². The van der Waals surface area contributed by atoms with E-state index < -0.39 is 0 Å². The molecule has 2 heteroatoms. The second kappa shape index (κ2) is 4.79. The lowest BCUT2D eigenvalue weighted by Gasteiger charge is -2.46. The van der Waals surface area contributed by atoms with Crippen LogP contribution >= 0.6 is 0 Å². The molecule has 2 nitrogen and oxygen atoms in total. The van der Waals surface area contributed by atoms with Crippen LogP contribution in [0.1, 0.15) is 58.3 Å². The second-order valence-electron chi connectivity index (χ2n) is 8.22. The van der Waals surface area contributed by atoms with Gasteiger partial charge in [0.05, 0.1) is 0 Å². The third-order valence-electron chi connectivity index (χ3n) is 7.28. The lowest BCUT2D eigenvalue weighted by molar-refractivity contribution is -0.130. The molecule has 21 heavy (non-hydrogen) atoms. The predicted molar refractivity (Wildman–Crippen MR) is 81.6 cm³/mol. The van der Waals surface area contributed by atoms with Crippen LogP contribution in [0.3, 0.4) is 0 Å². The molecule has 0 aliphatic heterocycles. The lowest BCUT2D eigenvalue weighted by atomic mass is 9.57. The average molecular weight is 286 g/mol. The number of rotatable bonds is 0. The van der Waals surface area contributed by atoms with Crippen molar-refractivity contribution in [3.05, 3.63) is 12.2 Å². The number of carbonyl (C=O) groups is 2. The van der Waals surface area contributed by atoms with Gasteiger partial charge < -0.3 is 0 Å². The smallest absolute Gasteiger partial charge is 0.155 e. The fourth-order valence-corrected chi connectivity index (χ4v) is 6.13. The van der Waals surface area contributed by atoms with E-state index in [0.717, 1.165) is 37.5 Å². The maximum atomic E-state index is 12.4. The van der Waals surface area contributed by atoms with Crippen molar-refractivity contribution in [1.82, 2.24) is 0 Å². The number of hydrogen-bond acceptors (Lipinski definition) is 2. The summed E-state index contributed by atoms with van der Waals surface area (Å²) in [7, 11) is 0. The Balaban J connectivity index is 1.66. The van der Waals surface area contributed by atoms with Crippen LogP contribution in [-0.4, -0.2) is 11.6 Å². The van der Waals surface area contributed by atoms with Gasteiger partial charge in [-0.15, -0.1) is 0 Å². The molecule has 3 fully saturated rings. The topological polar surface area (TPSA) is 34.1 Å². The predicted octanol–water partition coefficient (Wildman–Crippen LogP) is 3.94. The van der Waals surface area contributed by atoms with E-state index >= 15 is 0 Å². The van der Waals surface area contributed by atoms with Crippen LogP contribution in [0, 0.1) is 35.0 Å². The first-order valence-corrected chi connectivity index (χ1v) is 8.82. The summed E-state index contributed by atoms with van der Waals surface area (Å²) < 4.78 is 0. The maximum absolute atomic E-state index is 12.4. The van der Waals surface area contributed by atoms with E-state index in [0.29, 0.717) is 29.3 Å². The maximum Gasteiger partial charge on any atom is 0.155 e. The molecule has 3 unspecified atom stereocenters. The fraction of sp³-hybridized carbons (Fsp3) is 0.789. The van der Waals surface area contributed by atoms with Gasteiger partial charge in [0.15, 0.2) is 5.78 Å². The quantitative estimate of drug-likeness (QED) is 0.676. The highest BCUT2D eigenvalue weighted by Crippen LogP contribution is 2.59. The zero-order valence-corrected chi connectivity index (χ0v) is 13.0. The van der Waals surface area contributed by atoms with Gasteiger partial charge >= 0.3 is 0 Å². The van der Waals surface area contributed by atoms with Crippen molar-refractivity contribution in [2.75, 3.05) is 0 Å². The number of allylic oxidation sites excluding steroid dienone is 2. The summed E-state index contributed by atoms with van der Waals surface area (Å²) in [6, 6.07) is 0. The van der Waals surface area contributed by atoms with Gasteiger partial charge in [0.2, 0.25) is 0 Å². The Bertz CT molecular complexity index is 506. The van der Waals surface area contributed by atoms with Crippen LogP contribution in [-0.2, 0) is 9.59 Å². The van der Waals surface area contributed by atoms with E-state index in [9.17, 15) is 9.59 Å². The van der Waals surface area contributed by atoms with E-state index in [1.54, 1.807) is 0 Å². The molecule has 0 saturated heterocycles. The summed E-state index contributed by atoms with van der Waals surface area (Å²) in [5.74, 6) is 4.11. The molecule has 0 spiro atoms. The minimum atomic E-state index is -0.0186. The molecule has 0 N–H and O–H groups in total. The van der Waals surface area contributed by atoms with Crippen LogP contribution in [0.5, 0.6) is 0 Å². The molecular weight excluding hydrogens is 260 g/mol. The summed E-state index contributed by atoms with van der Waals surface area (Å²) in [6.45, 7) is 2.24. The van der Waals surface area contributed by atoms with Gasteiger partial charge in [-0.2, -0.15) is 0 Å². The Kier molecular flexibility index (Phi) is 3.13. The highest BCUT2D eigenvalue weighted by Gasteiger charge is 2.55. The first-order valence-electron chi connectivity index (χ1n) is 8.82. The van der Waals surface area contributed by atoms with Crippen LogP contribution in [0.15, 0.2) is 12.2 Å². The third kappa shape index (κ3) is 2.05. The Morgan fingerprint density at radius 3 is 2.81 bits per heavy atom. The number of carbonyl (C=O) groups excluding carboxylic acids is 2. The van der Waals surface area contributed by atoms with Gasteiger partial charge in [0, 0.05) is 18.3 Å². The molecular formula is C19H26O2. The van der Waals surface area contributed by atoms with Crippen molar-refractivity contribution in [3.63, 3.8) is 0 Å². The molecule has 0 aromatic heterocycles. The summed E-state index contributed by atoms with van der Waals surface area (Å²) in [5, 5.41) is 0. The Labute approximate surface area is 127 Å². The van der Waals surface area contributed by atoms with Crippen LogP contribution in [0.2, 0.25) is 0 Å². The minimum Gasteiger partial charge on any atom is -0.299 e. The first kappa shape index (κ1) is 13.7. The Morgan fingerprint density at radius 1 is 1.10 bits per heavy atom. The normalized spacial score (nSPS) is 49.3.